The van der Waals surface area contributed by atoms with Crippen LogP contribution in [-0.4, -0.2) is 6.04 Å². The topological polar surface area (TPSA) is 12.0 Å². The highest BCUT2D eigenvalue weighted by molar-refractivity contribution is 5.24. The van der Waals surface area contributed by atoms with E-state index in [1.807, 2.05) is 0 Å². The van der Waals surface area contributed by atoms with E-state index in [1.165, 1.54) is 37.8 Å². The first-order valence-corrected chi connectivity index (χ1v) is 7.83. The average molecular weight is 297 g/mol. The van der Waals surface area contributed by atoms with Gasteiger partial charge in [0.25, 0.3) is 0 Å². The molecule has 4 unspecified atom stereocenters. The van der Waals surface area contributed by atoms with Crippen molar-refractivity contribution in [1.82, 2.24) is 5.32 Å². The molecule has 2 saturated carbocycles. The lowest BCUT2D eigenvalue weighted by atomic mass is 9.84. The molecule has 4 heteroatoms. The van der Waals surface area contributed by atoms with Crippen molar-refractivity contribution in [2.75, 3.05) is 0 Å². The Morgan fingerprint density at radius 1 is 1.14 bits per heavy atom. The highest BCUT2D eigenvalue weighted by atomic mass is 19.4. The molecule has 0 aromatic heterocycles. The molecule has 4 atom stereocenters. The predicted octanol–water partition coefficient (Wildman–Crippen LogP) is 4.62. The molecule has 1 aromatic rings. The quantitative estimate of drug-likeness (QED) is 0.855. The molecule has 0 amide bonds. The zero-order chi connectivity index (χ0) is 15.0. The number of alkyl halides is 3. The number of fused-ring (bicyclic) bond motifs is 2. The summed E-state index contributed by atoms with van der Waals surface area (Å²) in [5, 5.41) is 3.50. The molecule has 21 heavy (non-hydrogen) atoms. The number of rotatable bonds is 4. The van der Waals surface area contributed by atoms with E-state index in [0.717, 1.165) is 23.3 Å². The minimum atomic E-state index is -4.25. The zero-order valence-electron chi connectivity index (χ0n) is 12.3. The molecule has 1 nitrogen and oxygen atoms in total. The summed E-state index contributed by atoms with van der Waals surface area (Å²) in [5.74, 6) is 2.54. The highest BCUT2D eigenvalue weighted by Gasteiger charge is 2.41. The van der Waals surface area contributed by atoms with Gasteiger partial charge >= 0.3 is 6.18 Å². The van der Waals surface area contributed by atoms with Gasteiger partial charge < -0.3 is 5.32 Å². The Hall–Kier alpha value is -1.03. The van der Waals surface area contributed by atoms with Gasteiger partial charge in [-0.2, -0.15) is 13.2 Å². The van der Waals surface area contributed by atoms with E-state index >= 15 is 0 Å². The molecule has 0 saturated heterocycles. The monoisotopic (exact) mass is 297 g/mol. The fourth-order valence-corrected chi connectivity index (χ4v) is 4.15. The van der Waals surface area contributed by atoms with Gasteiger partial charge in [-0.15, -0.1) is 0 Å². The Labute approximate surface area is 123 Å². The maximum Gasteiger partial charge on any atom is 0.416 e. The van der Waals surface area contributed by atoms with Crippen LogP contribution >= 0.6 is 0 Å². The Morgan fingerprint density at radius 2 is 1.86 bits per heavy atom. The second-order valence-electron chi connectivity index (χ2n) is 6.70. The van der Waals surface area contributed by atoms with E-state index in [1.54, 1.807) is 12.1 Å². The van der Waals surface area contributed by atoms with Crippen molar-refractivity contribution in [1.29, 1.82) is 0 Å². The molecule has 116 valence electrons. The third-order valence-corrected chi connectivity index (χ3v) is 5.34. The molecule has 1 aromatic carbocycles. The fraction of sp³-hybridized carbons (Fsp3) is 0.647. The van der Waals surface area contributed by atoms with Crippen LogP contribution in [0.15, 0.2) is 24.3 Å². The van der Waals surface area contributed by atoms with Gasteiger partial charge in [0.05, 0.1) is 5.56 Å². The normalized spacial score (nSPS) is 29.8. The van der Waals surface area contributed by atoms with Crippen LogP contribution in [0, 0.1) is 17.8 Å². The number of halogens is 3. The minimum absolute atomic E-state index is 0.447. The zero-order valence-corrected chi connectivity index (χ0v) is 12.3. The Bertz CT molecular complexity index is 480. The Kier molecular flexibility index (Phi) is 4.00. The van der Waals surface area contributed by atoms with Crippen LogP contribution in [0.4, 0.5) is 13.2 Å². The van der Waals surface area contributed by atoms with Crippen molar-refractivity contribution in [3.8, 4) is 0 Å². The van der Waals surface area contributed by atoms with Crippen LogP contribution in [0.5, 0.6) is 0 Å². The van der Waals surface area contributed by atoms with E-state index in [0.29, 0.717) is 12.6 Å². The standard InChI is InChI=1S/C17H22F3N/c1-11(16-9-13-2-5-14(16)8-13)21-10-12-3-6-15(7-4-12)17(18,19)20/h3-4,6-7,11,13-14,16,21H,2,5,8-10H2,1H3. The molecular formula is C17H22F3N. The lowest BCUT2D eigenvalue weighted by molar-refractivity contribution is -0.137. The molecule has 0 heterocycles. The van der Waals surface area contributed by atoms with Crippen molar-refractivity contribution in [3.05, 3.63) is 35.4 Å². The van der Waals surface area contributed by atoms with E-state index in [9.17, 15) is 13.2 Å². The van der Waals surface area contributed by atoms with Crippen molar-refractivity contribution in [2.24, 2.45) is 17.8 Å². The molecule has 2 aliphatic carbocycles. The smallest absolute Gasteiger partial charge is 0.310 e. The summed E-state index contributed by atoms with van der Waals surface area (Å²) in [6.07, 6.45) is 1.22. The van der Waals surface area contributed by atoms with E-state index in [4.69, 9.17) is 0 Å². The molecule has 2 fully saturated rings. The van der Waals surface area contributed by atoms with Gasteiger partial charge in [-0.25, -0.2) is 0 Å². The number of hydrogen-bond acceptors (Lipinski definition) is 1. The van der Waals surface area contributed by atoms with E-state index < -0.39 is 11.7 Å². The molecular weight excluding hydrogens is 275 g/mol. The second-order valence-corrected chi connectivity index (χ2v) is 6.70. The van der Waals surface area contributed by atoms with E-state index in [2.05, 4.69) is 12.2 Å². The van der Waals surface area contributed by atoms with Crippen molar-refractivity contribution >= 4 is 0 Å². The van der Waals surface area contributed by atoms with Gasteiger partial charge in [0.15, 0.2) is 0 Å². The molecule has 0 spiro atoms. The van der Waals surface area contributed by atoms with Crippen molar-refractivity contribution in [2.45, 2.75) is 51.4 Å². The third-order valence-electron chi connectivity index (χ3n) is 5.34. The average Bonchev–Trinajstić information content (AvgIpc) is 3.07. The second kappa shape index (κ2) is 5.64. The van der Waals surface area contributed by atoms with Crippen LogP contribution in [0.3, 0.4) is 0 Å². The first-order chi connectivity index (χ1) is 9.93. The minimum Gasteiger partial charge on any atom is -0.310 e. The largest absolute Gasteiger partial charge is 0.416 e. The van der Waals surface area contributed by atoms with Crippen LogP contribution in [0.2, 0.25) is 0 Å². The van der Waals surface area contributed by atoms with Crippen molar-refractivity contribution in [3.63, 3.8) is 0 Å². The van der Waals surface area contributed by atoms with E-state index in [-0.39, 0.29) is 0 Å². The van der Waals surface area contributed by atoms with Crippen LogP contribution in [0.25, 0.3) is 0 Å². The molecule has 3 rings (SSSR count). The first kappa shape index (κ1) is 14.9. The van der Waals surface area contributed by atoms with Gasteiger partial charge in [-0.3, -0.25) is 0 Å². The summed E-state index contributed by atoms with van der Waals surface area (Å²) in [6, 6.07) is 5.92. The fourth-order valence-electron chi connectivity index (χ4n) is 4.15. The van der Waals surface area contributed by atoms with Crippen LogP contribution in [0.1, 0.15) is 43.7 Å². The Balaban J connectivity index is 1.53. The maximum atomic E-state index is 12.5. The summed E-state index contributed by atoms with van der Waals surface area (Å²) < 4.78 is 37.5. The maximum absolute atomic E-state index is 12.5. The van der Waals surface area contributed by atoms with Gasteiger partial charge in [-0.1, -0.05) is 18.6 Å². The van der Waals surface area contributed by atoms with Gasteiger partial charge in [0, 0.05) is 12.6 Å². The first-order valence-electron chi connectivity index (χ1n) is 7.83. The lowest BCUT2D eigenvalue weighted by Crippen LogP contribution is -2.35. The summed E-state index contributed by atoms with van der Waals surface area (Å²) in [4.78, 5) is 0. The van der Waals surface area contributed by atoms with Gasteiger partial charge in [0.1, 0.15) is 0 Å². The summed E-state index contributed by atoms with van der Waals surface area (Å²) in [7, 11) is 0. The molecule has 0 aliphatic heterocycles. The SMILES string of the molecule is CC(NCc1ccc(C(F)(F)F)cc1)C1CC2CCC1C2. The van der Waals surface area contributed by atoms with Crippen LogP contribution in [-0.2, 0) is 12.7 Å². The summed E-state index contributed by atoms with van der Waals surface area (Å²) >= 11 is 0. The Morgan fingerprint density at radius 3 is 2.38 bits per heavy atom. The highest BCUT2D eigenvalue weighted by Crippen LogP contribution is 2.49. The van der Waals surface area contributed by atoms with Crippen molar-refractivity contribution < 1.29 is 13.2 Å². The third kappa shape index (κ3) is 3.25. The molecule has 2 aliphatic rings. The number of hydrogen-bond donors (Lipinski definition) is 1. The molecule has 0 radical (unpaired) electrons. The van der Waals surface area contributed by atoms with Gasteiger partial charge in [-0.05, 0) is 61.6 Å². The van der Waals surface area contributed by atoms with Crippen LogP contribution < -0.4 is 5.32 Å². The number of nitrogens with one attached hydrogen (secondary N) is 1. The van der Waals surface area contributed by atoms with Gasteiger partial charge in [0.2, 0.25) is 0 Å². The lowest BCUT2D eigenvalue weighted by Gasteiger charge is -2.28. The predicted molar refractivity (Wildman–Crippen MR) is 76.7 cm³/mol. The molecule has 2 bridgehead atoms. The summed E-state index contributed by atoms with van der Waals surface area (Å²) in [6.45, 7) is 2.86. The summed E-state index contributed by atoms with van der Waals surface area (Å²) in [5.41, 5.74) is 0.338. The molecule has 1 N–H and O–H groups in total. The number of benzene rings is 1.